The molecule has 1 aromatic rings. The number of halogens is 1. The van der Waals surface area contributed by atoms with Crippen LogP contribution in [0.4, 0.5) is 10.1 Å². The second-order valence-corrected chi connectivity index (χ2v) is 4.63. The lowest BCUT2D eigenvalue weighted by molar-refractivity contribution is 0.436. The van der Waals surface area contributed by atoms with Gasteiger partial charge in [-0.2, -0.15) is 0 Å². The van der Waals surface area contributed by atoms with Gasteiger partial charge in [0.1, 0.15) is 12.0 Å². The second kappa shape index (κ2) is 3.74. The van der Waals surface area contributed by atoms with Crippen LogP contribution < -0.4 is 15.5 Å². The van der Waals surface area contributed by atoms with Crippen LogP contribution in [0, 0.1) is 12.7 Å². The summed E-state index contributed by atoms with van der Waals surface area (Å²) < 4.78 is 14.3. The molecule has 2 heterocycles. The van der Waals surface area contributed by atoms with Crippen molar-refractivity contribution in [3.8, 4) is 0 Å². The van der Waals surface area contributed by atoms with Crippen molar-refractivity contribution in [1.82, 2.24) is 10.6 Å². The van der Waals surface area contributed by atoms with E-state index in [1.807, 2.05) is 12.1 Å². The van der Waals surface area contributed by atoms with E-state index < -0.39 is 0 Å². The van der Waals surface area contributed by atoms with Crippen LogP contribution in [0.15, 0.2) is 18.7 Å². The lowest BCUT2D eigenvalue weighted by atomic mass is 10.0. The number of hydrogen-bond acceptors (Lipinski definition) is 3. The number of aryl methyl sites for hydroxylation is 1. The van der Waals surface area contributed by atoms with Crippen molar-refractivity contribution in [3.63, 3.8) is 0 Å². The minimum absolute atomic E-state index is 0.111. The minimum atomic E-state index is -0.114. The van der Waals surface area contributed by atoms with Gasteiger partial charge in [-0.1, -0.05) is 18.7 Å². The Morgan fingerprint density at radius 2 is 2.29 bits per heavy atom. The quantitative estimate of drug-likeness (QED) is 0.710. The molecule has 17 heavy (non-hydrogen) atoms. The van der Waals surface area contributed by atoms with Crippen molar-refractivity contribution in [2.45, 2.75) is 13.1 Å². The molecule has 0 aromatic heterocycles. The molecule has 0 bridgehead atoms. The smallest absolute Gasteiger partial charge is 0.150 e. The van der Waals surface area contributed by atoms with E-state index in [1.54, 1.807) is 6.92 Å². The summed E-state index contributed by atoms with van der Waals surface area (Å²) in [5.74, 6) is -0.114. The molecule has 2 aliphatic rings. The van der Waals surface area contributed by atoms with Crippen molar-refractivity contribution in [1.29, 1.82) is 0 Å². The Morgan fingerprint density at radius 3 is 3.12 bits per heavy atom. The summed E-state index contributed by atoms with van der Waals surface area (Å²) in [4.78, 5) is 2.10. The maximum Gasteiger partial charge on any atom is 0.150 e. The Balaban J connectivity index is 2.16. The molecular formula is C13H16FN3. The number of rotatable bonds is 0. The molecule has 1 aromatic carbocycles. The molecule has 3 rings (SSSR count). The predicted molar refractivity (Wildman–Crippen MR) is 67.3 cm³/mol. The molecule has 90 valence electrons. The molecular weight excluding hydrogens is 217 g/mol. The molecule has 1 saturated heterocycles. The van der Waals surface area contributed by atoms with Gasteiger partial charge in [-0.25, -0.2) is 4.39 Å². The predicted octanol–water partition coefficient (Wildman–Crippen LogP) is 1.44. The molecule has 0 radical (unpaired) electrons. The highest BCUT2D eigenvalue weighted by Gasteiger charge is 2.32. The van der Waals surface area contributed by atoms with E-state index in [-0.39, 0.29) is 12.0 Å². The van der Waals surface area contributed by atoms with Crippen molar-refractivity contribution >= 4 is 11.4 Å². The van der Waals surface area contributed by atoms with Crippen LogP contribution in [0.2, 0.25) is 0 Å². The zero-order valence-electron chi connectivity index (χ0n) is 9.89. The maximum absolute atomic E-state index is 14.3. The number of benzene rings is 1. The van der Waals surface area contributed by atoms with Crippen LogP contribution >= 0.6 is 0 Å². The zero-order valence-corrected chi connectivity index (χ0v) is 9.89. The van der Waals surface area contributed by atoms with Gasteiger partial charge in [0, 0.05) is 30.9 Å². The number of nitrogens with one attached hydrogen (secondary N) is 2. The molecule has 0 aliphatic carbocycles. The molecule has 0 amide bonds. The first kappa shape index (κ1) is 10.6. The SMILES string of the molecule is C=C1N[C@H]2CNCCN2c2c1ccc(C)c2F. The third-order valence-corrected chi connectivity index (χ3v) is 3.51. The van der Waals surface area contributed by atoms with Gasteiger partial charge < -0.3 is 15.5 Å². The lowest BCUT2D eigenvalue weighted by Crippen LogP contribution is -2.59. The first-order chi connectivity index (χ1) is 8.18. The molecule has 2 aliphatic heterocycles. The highest BCUT2D eigenvalue weighted by Crippen LogP contribution is 2.35. The van der Waals surface area contributed by atoms with E-state index >= 15 is 0 Å². The summed E-state index contributed by atoms with van der Waals surface area (Å²) in [7, 11) is 0. The van der Waals surface area contributed by atoms with E-state index in [2.05, 4.69) is 22.1 Å². The molecule has 2 N–H and O–H groups in total. The van der Waals surface area contributed by atoms with E-state index in [1.165, 1.54) is 0 Å². The number of piperazine rings is 1. The average Bonchev–Trinajstić information content (AvgIpc) is 2.33. The van der Waals surface area contributed by atoms with Gasteiger partial charge in [0.05, 0.1) is 5.69 Å². The van der Waals surface area contributed by atoms with Gasteiger partial charge in [0.25, 0.3) is 0 Å². The topological polar surface area (TPSA) is 27.3 Å². The first-order valence-corrected chi connectivity index (χ1v) is 5.91. The third kappa shape index (κ3) is 1.52. The van der Waals surface area contributed by atoms with Crippen LogP contribution in [-0.2, 0) is 0 Å². The molecule has 4 heteroatoms. The van der Waals surface area contributed by atoms with Crippen molar-refractivity contribution in [2.75, 3.05) is 24.5 Å². The van der Waals surface area contributed by atoms with Crippen LogP contribution in [0.25, 0.3) is 5.70 Å². The monoisotopic (exact) mass is 233 g/mol. The largest absolute Gasteiger partial charge is 0.364 e. The molecule has 1 fully saturated rings. The Labute approximate surface area is 100 Å². The Hall–Kier alpha value is -1.55. The van der Waals surface area contributed by atoms with E-state index in [9.17, 15) is 4.39 Å². The lowest BCUT2D eigenvalue weighted by Gasteiger charge is -2.44. The van der Waals surface area contributed by atoms with Crippen molar-refractivity contribution in [2.24, 2.45) is 0 Å². The number of fused-ring (bicyclic) bond motifs is 3. The zero-order chi connectivity index (χ0) is 12.0. The van der Waals surface area contributed by atoms with Crippen LogP contribution in [0.3, 0.4) is 0 Å². The first-order valence-electron chi connectivity index (χ1n) is 5.91. The third-order valence-electron chi connectivity index (χ3n) is 3.51. The van der Waals surface area contributed by atoms with E-state index in [0.29, 0.717) is 11.3 Å². The molecule has 0 spiro atoms. The van der Waals surface area contributed by atoms with Gasteiger partial charge in [-0.05, 0) is 12.5 Å². The summed E-state index contributed by atoms with van der Waals surface area (Å²) in [6.07, 6.45) is 0.111. The van der Waals surface area contributed by atoms with Crippen LogP contribution in [0.5, 0.6) is 0 Å². The van der Waals surface area contributed by atoms with E-state index in [0.717, 1.165) is 30.9 Å². The fourth-order valence-corrected chi connectivity index (χ4v) is 2.57. The summed E-state index contributed by atoms with van der Waals surface area (Å²) in [5, 5.41) is 6.63. The standard InChI is InChI=1S/C13H16FN3/c1-8-3-4-10-9(2)16-11-7-15-5-6-17(11)13(10)12(8)14/h3-4,11,15-16H,2,5-7H2,1H3/t11-/m1/s1. The minimum Gasteiger partial charge on any atom is -0.364 e. The Bertz CT molecular complexity index is 484. The molecule has 0 unspecified atom stereocenters. The van der Waals surface area contributed by atoms with Gasteiger partial charge in [-0.3, -0.25) is 0 Å². The van der Waals surface area contributed by atoms with Crippen LogP contribution in [-0.4, -0.2) is 25.8 Å². The van der Waals surface area contributed by atoms with Gasteiger partial charge in [0.2, 0.25) is 0 Å². The molecule has 3 nitrogen and oxygen atoms in total. The van der Waals surface area contributed by atoms with Gasteiger partial charge in [0.15, 0.2) is 0 Å². The Morgan fingerprint density at radius 1 is 1.47 bits per heavy atom. The summed E-state index contributed by atoms with van der Waals surface area (Å²) in [6.45, 7) is 8.30. The Kier molecular flexibility index (Phi) is 2.33. The summed E-state index contributed by atoms with van der Waals surface area (Å²) >= 11 is 0. The van der Waals surface area contributed by atoms with Crippen molar-refractivity contribution < 1.29 is 4.39 Å². The number of anilines is 1. The normalized spacial score (nSPS) is 22.8. The highest BCUT2D eigenvalue weighted by atomic mass is 19.1. The summed E-state index contributed by atoms with van der Waals surface area (Å²) in [6, 6.07) is 3.75. The fraction of sp³-hybridized carbons (Fsp3) is 0.385. The van der Waals surface area contributed by atoms with Gasteiger partial charge >= 0.3 is 0 Å². The van der Waals surface area contributed by atoms with Crippen LogP contribution in [0.1, 0.15) is 11.1 Å². The number of nitrogens with zero attached hydrogens (tertiary/aromatic N) is 1. The average molecular weight is 233 g/mol. The van der Waals surface area contributed by atoms with Crippen molar-refractivity contribution in [3.05, 3.63) is 35.7 Å². The highest BCUT2D eigenvalue weighted by molar-refractivity contribution is 5.79. The summed E-state index contributed by atoms with van der Waals surface area (Å²) in [5.41, 5.74) is 3.09. The fourth-order valence-electron chi connectivity index (χ4n) is 2.57. The van der Waals surface area contributed by atoms with E-state index in [4.69, 9.17) is 0 Å². The molecule has 1 atom stereocenters. The maximum atomic E-state index is 14.3. The number of hydrogen-bond donors (Lipinski definition) is 2. The molecule has 0 saturated carbocycles. The van der Waals surface area contributed by atoms with Gasteiger partial charge in [-0.15, -0.1) is 0 Å². The second-order valence-electron chi connectivity index (χ2n) is 4.63.